The number of carbonyl (C=O) groups excluding carboxylic acids is 3. The minimum Gasteiger partial charge on any atom is -0.508 e. The number of aromatic hydroxyl groups is 1. The summed E-state index contributed by atoms with van der Waals surface area (Å²) in [5, 5.41) is 15.6. The zero-order valence-corrected chi connectivity index (χ0v) is 23.9. The number of hydrogen-bond donors (Lipinski definition) is 2. The first-order valence-electron chi connectivity index (χ1n) is 13.8. The van der Waals surface area contributed by atoms with Crippen LogP contribution in [0.25, 0.3) is 0 Å². The highest BCUT2D eigenvalue weighted by Gasteiger charge is 2.45. The monoisotopic (exact) mass is 597 g/mol. The van der Waals surface area contributed by atoms with Crippen molar-refractivity contribution in [3.05, 3.63) is 101 Å². The van der Waals surface area contributed by atoms with Crippen molar-refractivity contribution in [3.8, 4) is 5.75 Å². The lowest BCUT2D eigenvalue weighted by Crippen LogP contribution is -2.70. The van der Waals surface area contributed by atoms with Crippen LogP contribution in [-0.2, 0) is 35.3 Å². The van der Waals surface area contributed by atoms with Gasteiger partial charge < -0.3 is 20.2 Å². The third-order valence-corrected chi connectivity index (χ3v) is 7.40. The first kappa shape index (κ1) is 31.4. The van der Waals surface area contributed by atoms with Crippen LogP contribution in [0, 0.1) is 0 Å². The average molecular weight is 598 g/mol. The van der Waals surface area contributed by atoms with Gasteiger partial charge in [0.25, 0.3) is 0 Å². The molecule has 3 aromatic rings. The van der Waals surface area contributed by atoms with Gasteiger partial charge >= 0.3 is 12.2 Å². The summed E-state index contributed by atoms with van der Waals surface area (Å²) in [6.07, 6.45) is -4.94. The predicted octanol–water partition coefficient (Wildman–Crippen LogP) is 4.23. The fourth-order valence-corrected chi connectivity index (χ4v) is 5.06. The molecule has 1 saturated heterocycles. The van der Waals surface area contributed by atoms with Crippen molar-refractivity contribution in [2.24, 2.45) is 0 Å². The zero-order valence-electron chi connectivity index (χ0n) is 23.9. The number of urea groups is 1. The number of piperazine rings is 1. The summed E-state index contributed by atoms with van der Waals surface area (Å²) in [6, 6.07) is 18.6. The molecule has 1 fully saturated rings. The van der Waals surface area contributed by atoms with Gasteiger partial charge in [0.2, 0.25) is 12.3 Å². The zero-order chi connectivity index (χ0) is 31.1. The lowest BCUT2D eigenvalue weighted by molar-refractivity contribution is -0.165. The summed E-state index contributed by atoms with van der Waals surface area (Å²) < 4.78 is 40.3. The molecule has 228 valence electrons. The Morgan fingerprint density at radius 1 is 1.02 bits per heavy atom. The lowest BCUT2D eigenvalue weighted by Gasteiger charge is -2.50. The van der Waals surface area contributed by atoms with Crippen LogP contribution in [0.1, 0.15) is 29.2 Å². The van der Waals surface area contributed by atoms with Crippen LogP contribution in [0.4, 0.5) is 18.0 Å². The van der Waals surface area contributed by atoms with Crippen molar-refractivity contribution in [2.75, 3.05) is 20.1 Å². The number of hydrazine groups is 1. The van der Waals surface area contributed by atoms with Crippen molar-refractivity contribution in [2.45, 2.75) is 44.8 Å². The van der Waals surface area contributed by atoms with Crippen LogP contribution in [0.3, 0.4) is 0 Å². The molecular formula is C31H34F3N5O4. The number of carbonyl (C=O) groups is 3. The van der Waals surface area contributed by atoms with Crippen molar-refractivity contribution >= 4 is 18.3 Å². The molecular weight excluding hydrogens is 563 g/mol. The molecule has 1 unspecified atom stereocenters. The van der Waals surface area contributed by atoms with Gasteiger partial charge in [-0.25, -0.2) is 14.8 Å². The van der Waals surface area contributed by atoms with Gasteiger partial charge in [0, 0.05) is 33.1 Å². The van der Waals surface area contributed by atoms with Crippen molar-refractivity contribution in [3.63, 3.8) is 0 Å². The van der Waals surface area contributed by atoms with E-state index in [4.69, 9.17) is 0 Å². The fraction of sp³-hybridized carbons (Fsp3) is 0.323. The van der Waals surface area contributed by atoms with E-state index in [1.54, 1.807) is 24.2 Å². The molecule has 0 bridgehead atoms. The molecule has 1 aliphatic heterocycles. The maximum absolute atomic E-state index is 13.9. The van der Waals surface area contributed by atoms with Gasteiger partial charge in [-0.3, -0.25) is 9.59 Å². The first-order valence-corrected chi connectivity index (χ1v) is 13.8. The second kappa shape index (κ2) is 13.6. The minimum absolute atomic E-state index is 0.0286. The van der Waals surface area contributed by atoms with Gasteiger partial charge in [0.1, 0.15) is 18.0 Å². The minimum atomic E-state index is -4.56. The van der Waals surface area contributed by atoms with Crippen LogP contribution < -0.4 is 5.32 Å². The van der Waals surface area contributed by atoms with E-state index in [9.17, 15) is 32.7 Å². The Morgan fingerprint density at radius 2 is 1.70 bits per heavy atom. The molecule has 1 aliphatic rings. The Labute approximate surface area is 248 Å². The number of phenolic OH excluding ortho intramolecular Hbond substituents is 1. The van der Waals surface area contributed by atoms with E-state index in [2.05, 4.69) is 5.32 Å². The number of benzene rings is 3. The molecule has 1 heterocycles. The maximum Gasteiger partial charge on any atom is 0.416 e. The van der Waals surface area contributed by atoms with Crippen molar-refractivity contribution in [1.82, 2.24) is 25.1 Å². The van der Waals surface area contributed by atoms with Gasteiger partial charge in [-0.2, -0.15) is 13.2 Å². The number of rotatable bonds is 10. The normalized spacial score (nSPS) is 17.2. The highest BCUT2D eigenvalue weighted by molar-refractivity contribution is 5.86. The maximum atomic E-state index is 13.9. The van der Waals surface area contributed by atoms with E-state index in [0.717, 1.165) is 17.7 Å². The SMILES string of the molecule is CCN(C)N(C(=O)NCc1ccccc1)C1CN(Cc2cccc(C(F)(F)F)c2)C(=O)[C@H](Cc2ccc(O)cc2)N1C=O. The molecule has 12 heteroatoms. The van der Waals surface area contributed by atoms with E-state index in [1.807, 2.05) is 37.3 Å². The smallest absolute Gasteiger partial charge is 0.416 e. The Morgan fingerprint density at radius 3 is 2.33 bits per heavy atom. The number of nitrogens with one attached hydrogen (secondary N) is 1. The standard InChI is InChI=1S/C31H34F3N5O4/c1-3-36(2)39(30(43)35-18-23-8-5-4-6-9-23)28-20-37(19-24-10-7-11-25(16-24)31(32,33)34)29(42)27(38(28)21-40)17-22-12-14-26(41)15-13-22/h4-16,21,27-28,41H,3,17-20H2,1-2H3,(H,35,43)/t27-,28?/m0/s1. The molecule has 4 rings (SSSR count). The van der Waals surface area contributed by atoms with Gasteiger partial charge in [0.15, 0.2) is 0 Å². The number of halogens is 3. The predicted molar refractivity (Wildman–Crippen MR) is 153 cm³/mol. The highest BCUT2D eigenvalue weighted by atomic mass is 19.4. The van der Waals surface area contributed by atoms with Gasteiger partial charge in [-0.05, 0) is 41.0 Å². The van der Waals surface area contributed by atoms with Crippen molar-refractivity contribution in [1.29, 1.82) is 0 Å². The summed E-state index contributed by atoms with van der Waals surface area (Å²) in [6.45, 7) is 2.12. The van der Waals surface area contributed by atoms with E-state index >= 15 is 0 Å². The summed E-state index contributed by atoms with van der Waals surface area (Å²) in [4.78, 5) is 42.8. The van der Waals surface area contributed by atoms with Crippen LogP contribution >= 0.6 is 0 Å². The van der Waals surface area contributed by atoms with Crippen LogP contribution in [0.2, 0.25) is 0 Å². The molecule has 2 N–H and O–H groups in total. The largest absolute Gasteiger partial charge is 0.508 e. The molecule has 0 spiro atoms. The second-order valence-electron chi connectivity index (χ2n) is 10.3. The molecule has 2 atom stereocenters. The number of amides is 4. The third-order valence-electron chi connectivity index (χ3n) is 7.40. The van der Waals surface area contributed by atoms with Gasteiger partial charge in [0.05, 0.1) is 12.1 Å². The summed E-state index contributed by atoms with van der Waals surface area (Å²) in [5.41, 5.74) is 0.923. The van der Waals surface area contributed by atoms with Crippen molar-refractivity contribution < 1.29 is 32.7 Å². The number of hydrogen-bond acceptors (Lipinski definition) is 5. The molecule has 4 amide bonds. The number of nitrogens with zero attached hydrogens (tertiary/aromatic N) is 4. The third kappa shape index (κ3) is 7.63. The molecule has 0 aliphatic carbocycles. The molecule has 9 nitrogen and oxygen atoms in total. The van der Waals surface area contributed by atoms with E-state index in [0.29, 0.717) is 18.5 Å². The van der Waals surface area contributed by atoms with E-state index in [1.165, 1.54) is 39.1 Å². The second-order valence-corrected chi connectivity index (χ2v) is 10.3. The summed E-state index contributed by atoms with van der Waals surface area (Å²) >= 11 is 0. The Hall–Kier alpha value is -4.58. The Balaban J connectivity index is 1.70. The topological polar surface area (TPSA) is 96.4 Å². The molecule has 3 aromatic carbocycles. The Kier molecular flexibility index (Phi) is 9.92. The van der Waals surface area contributed by atoms with Crippen LogP contribution in [0.5, 0.6) is 5.75 Å². The van der Waals surface area contributed by atoms with E-state index in [-0.39, 0.29) is 37.4 Å². The molecule has 0 radical (unpaired) electrons. The average Bonchev–Trinajstić information content (AvgIpc) is 2.99. The highest BCUT2D eigenvalue weighted by Crippen LogP contribution is 2.31. The molecule has 0 aromatic heterocycles. The van der Waals surface area contributed by atoms with Crippen LogP contribution in [0.15, 0.2) is 78.9 Å². The Bertz CT molecular complexity index is 1400. The van der Waals surface area contributed by atoms with E-state index < -0.39 is 35.9 Å². The fourth-order valence-electron chi connectivity index (χ4n) is 5.06. The molecule has 43 heavy (non-hydrogen) atoms. The number of alkyl halides is 3. The first-order chi connectivity index (χ1) is 20.5. The van der Waals surface area contributed by atoms with Crippen LogP contribution in [-0.4, -0.2) is 75.6 Å². The van der Waals surface area contributed by atoms with Gasteiger partial charge in [-0.15, -0.1) is 0 Å². The molecule has 0 saturated carbocycles. The summed E-state index contributed by atoms with van der Waals surface area (Å²) in [5.74, 6) is -0.446. The van der Waals surface area contributed by atoms with Gasteiger partial charge in [-0.1, -0.05) is 61.5 Å². The lowest BCUT2D eigenvalue weighted by atomic mass is 9.99. The quantitative estimate of drug-likeness (QED) is 0.270. The number of phenols is 1. The summed E-state index contributed by atoms with van der Waals surface area (Å²) in [7, 11) is 1.67.